The number of hydrogen-bond donors (Lipinski definition) is 1. The highest BCUT2D eigenvalue weighted by Gasteiger charge is 2.39. The maximum absolute atomic E-state index is 12.4. The summed E-state index contributed by atoms with van der Waals surface area (Å²) in [5, 5.41) is 2.88. The molecule has 1 aromatic rings. The molecule has 0 radical (unpaired) electrons. The van der Waals surface area contributed by atoms with E-state index in [-0.39, 0.29) is 23.9 Å². The molecule has 5 heteroatoms. The highest BCUT2D eigenvalue weighted by atomic mass is 16.2. The molecule has 100 valence electrons. The van der Waals surface area contributed by atoms with Crippen molar-refractivity contribution in [3.05, 3.63) is 30.1 Å². The Hall–Kier alpha value is -1.91. The molecular formula is C14H17N3O2. The Morgan fingerprint density at radius 3 is 3.05 bits per heavy atom. The number of nitrogens with zero attached hydrogens (tertiary/aromatic N) is 2. The first-order valence-electron chi connectivity index (χ1n) is 6.71. The third kappa shape index (κ3) is 2.45. The number of amides is 2. The predicted molar refractivity (Wildman–Crippen MR) is 69.2 cm³/mol. The molecule has 3 rings (SSSR count). The lowest BCUT2D eigenvalue weighted by Gasteiger charge is -2.27. The van der Waals surface area contributed by atoms with Crippen LogP contribution in [0, 0.1) is 0 Å². The van der Waals surface area contributed by atoms with E-state index in [4.69, 9.17) is 0 Å². The highest BCUT2D eigenvalue weighted by Crippen LogP contribution is 2.28. The summed E-state index contributed by atoms with van der Waals surface area (Å²) < 4.78 is 0. The van der Waals surface area contributed by atoms with Crippen LogP contribution in [0.1, 0.15) is 24.8 Å². The predicted octanol–water partition coefficient (Wildman–Crippen LogP) is 0.504. The van der Waals surface area contributed by atoms with Crippen LogP contribution in [-0.2, 0) is 16.0 Å². The van der Waals surface area contributed by atoms with Crippen LogP contribution in [0.3, 0.4) is 0 Å². The van der Waals surface area contributed by atoms with E-state index in [1.54, 1.807) is 12.4 Å². The zero-order valence-electron chi connectivity index (χ0n) is 10.7. The maximum Gasteiger partial charge on any atom is 0.227 e. The molecule has 5 nitrogen and oxygen atoms in total. The number of fused-ring (bicyclic) bond motifs is 2. The molecule has 0 unspecified atom stereocenters. The number of rotatable bonds is 2. The summed E-state index contributed by atoms with van der Waals surface area (Å²) in [5.74, 6) is 0.170. The molecule has 2 atom stereocenters. The summed E-state index contributed by atoms with van der Waals surface area (Å²) in [6.07, 6.45) is 6.16. The number of aromatic nitrogens is 1. The average molecular weight is 259 g/mol. The average Bonchev–Trinajstić information content (AvgIpc) is 2.71. The van der Waals surface area contributed by atoms with Gasteiger partial charge in [0.25, 0.3) is 0 Å². The van der Waals surface area contributed by atoms with Gasteiger partial charge in [0.05, 0.1) is 6.42 Å². The van der Waals surface area contributed by atoms with E-state index in [9.17, 15) is 9.59 Å². The first-order valence-corrected chi connectivity index (χ1v) is 6.71. The maximum atomic E-state index is 12.4. The van der Waals surface area contributed by atoms with Crippen molar-refractivity contribution in [2.24, 2.45) is 0 Å². The van der Waals surface area contributed by atoms with Crippen molar-refractivity contribution in [2.75, 3.05) is 6.54 Å². The first-order chi connectivity index (χ1) is 9.24. The number of pyridine rings is 1. The van der Waals surface area contributed by atoms with Crippen molar-refractivity contribution in [3.63, 3.8) is 0 Å². The Balaban J connectivity index is 1.74. The second kappa shape index (κ2) is 4.99. The fourth-order valence-corrected chi connectivity index (χ4v) is 3.06. The molecule has 2 bridgehead atoms. The molecule has 19 heavy (non-hydrogen) atoms. The van der Waals surface area contributed by atoms with Gasteiger partial charge in [-0.1, -0.05) is 6.07 Å². The molecule has 3 heterocycles. The van der Waals surface area contributed by atoms with Gasteiger partial charge in [0.2, 0.25) is 11.8 Å². The van der Waals surface area contributed by atoms with Crippen LogP contribution >= 0.6 is 0 Å². The van der Waals surface area contributed by atoms with Crippen LogP contribution in [0.2, 0.25) is 0 Å². The molecule has 2 aliphatic heterocycles. The van der Waals surface area contributed by atoms with Gasteiger partial charge in [0, 0.05) is 37.4 Å². The van der Waals surface area contributed by atoms with Crippen LogP contribution in [0.25, 0.3) is 0 Å². The Kier molecular flexibility index (Phi) is 3.19. The molecular weight excluding hydrogens is 242 g/mol. The number of nitrogens with one attached hydrogen (secondary N) is 1. The van der Waals surface area contributed by atoms with Crippen molar-refractivity contribution in [3.8, 4) is 0 Å². The molecule has 0 aromatic carbocycles. The van der Waals surface area contributed by atoms with E-state index >= 15 is 0 Å². The standard InChI is InChI=1S/C14H17N3O2/c18-13-7-11-3-4-12(9-16-13)17(11)14(19)6-10-2-1-5-15-8-10/h1-2,5,8,11-12H,3-4,6-7,9H2,(H,16,18)/t11-,12+/m1/s1. The van der Waals surface area contributed by atoms with Crippen molar-refractivity contribution in [2.45, 2.75) is 37.8 Å². The first kappa shape index (κ1) is 12.1. The summed E-state index contributed by atoms with van der Waals surface area (Å²) in [4.78, 5) is 29.9. The van der Waals surface area contributed by atoms with Gasteiger partial charge in [-0.15, -0.1) is 0 Å². The van der Waals surface area contributed by atoms with E-state index in [0.29, 0.717) is 19.4 Å². The summed E-state index contributed by atoms with van der Waals surface area (Å²) in [7, 11) is 0. The quantitative estimate of drug-likeness (QED) is 0.841. The summed E-state index contributed by atoms with van der Waals surface area (Å²) in [5.41, 5.74) is 0.926. The topological polar surface area (TPSA) is 62.3 Å². The van der Waals surface area contributed by atoms with E-state index < -0.39 is 0 Å². The Morgan fingerprint density at radius 2 is 2.26 bits per heavy atom. The Bertz CT molecular complexity index is 489. The van der Waals surface area contributed by atoms with Crippen LogP contribution < -0.4 is 5.32 Å². The zero-order chi connectivity index (χ0) is 13.2. The van der Waals surface area contributed by atoms with Crippen LogP contribution in [-0.4, -0.2) is 40.3 Å². The minimum Gasteiger partial charge on any atom is -0.354 e. The molecule has 2 amide bonds. The SMILES string of the molecule is O=C1C[C@H]2CC[C@@H](CN1)N2C(=O)Cc1cccnc1. The summed E-state index contributed by atoms with van der Waals surface area (Å²) in [6, 6.07) is 4.00. The third-order valence-electron chi connectivity index (χ3n) is 3.94. The molecule has 2 aliphatic rings. The van der Waals surface area contributed by atoms with Gasteiger partial charge in [-0.2, -0.15) is 0 Å². The largest absolute Gasteiger partial charge is 0.354 e. The van der Waals surface area contributed by atoms with Gasteiger partial charge in [-0.3, -0.25) is 14.6 Å². The van der Waals surface area contributed by atoms with Crippen molar-refractivity contribution in [1.82, 2.24) is 15.2 Å². The van der Waals surface area contributed by atoms with Gasteiger partial charge in [0.15, 0.2) is 0 Å². The van der Waals surface area contributed by atoms with Crippen molar-refractivity contribution in [1.29, 1.82) is 0 Å². The van der Waals surface area contributed by atoms with Crippen LogP contribution in [0.5, 0.6) is 0 Å². The molecule has 2 saturated heterocycles. The van der Waals surface area contributed by atoms with E-state index in [0.717, 1.165) is 18.4 Å². The van der Waals surface area contributed by atoms with Gasteiger partial charge in [-0.25, -0.2) is 0 Å². The monoisotopic (exact) mass is 259 g/mol. The van der Waals surface area contributed by atoms with Gasteiger partial charge < -0.3 is 10.2 Å². The van der Waals surface area contributed by atoms with E-state index in [1.807, 2.05) is 17.0 Å². The molecule has 0 aliphatic carbocycles. The van der Waals surface area contributed by atoms with Crippen LogP contribution in [0.15, 0.2) is 24.5 Å². The van der Waals surface area contributed by atoms with E-state index in [1.165, 1.54) is 0 Å². The summed E-state index contributed by atoms with van der Waals surface area (Å²) >= 11 is 0. The fraction of sp³-hybridized carbons (Fsp3) is 0.500. The number of carbonyl (C=O) groups excluding carboxylic acids is 2. The summed E-state index contributed by atoms with van der Waals surface area (Å²) in [6.45, 7) is 0.591. The van der Waals surface area contributed by atoms with Gasteiger partial charge in [-0.05, 0) is 24.5 Å². The highest BCUT2D eigenvalue weighted by molar-refractivity contribution is 5.83. The zero-order valence-corrected chi connectivity index (χ0v) is 10.7. The van der Waals surface area contributed by atoms with Gasteiger partial charge in [0.1, 0.15) is 0 Å². The Labute approximate surface area is 112 Å². The minimum atomic E-state index is 0.0615. The molecule has 0 spiro atoms. The lowest BCUT2D eigenvalue weighted by Crippen LogP contribution is -2.43. The lowest BCUT2D eigenvalue weighted by atomic mass is 10.1. The molecule has 0 saturated carbocycles. The second-order valence-electron chi connectivity index (χ2n) is 5.23. The minimum absolute atomic E-state index is 0.0615. The fourth-order valence-electron chi connectivity index (χ4n) is 3.06. The second-order valence-corrected chi connectivity index (χ2v) is 5.23. The molecule has 2 fully saturated rings. The Morgan fingerprint density at radius 1 is 1.42 bits per heavy atom. The van der Waals surface area contributed by atoms with Crippen molar-refractivity contribution >= 4 is 11.8 Å². The van der Waals surface area contributed by atoms with Crippen LogP contribution in [0.4, 0.5) is 0 Å². The number of carbonyl (C=O) groups is 2. The normalized spacial score (nSPS) is 25.9. The number of hydrogen-bond acceptors (Lipinski definition) is 3. The molecule has 1 N–H and O–H groups in total. The molecule has 1 aromatic heterocycles. The third-order valence-corrected chi connectivity index (χ3v) is 3.94. The van der Waals surface area contributed by atoms with Crippen molar-refractivity contribution < 1.29 is 9.59 Å². The smallest absolute Gasteiger partial charge is 0.227 e. The van der Waals surface area contributed by atoms with E-state index in [2.05, 4.69) is 10.3 Å². The van der Waals surface area contributed by atoms with Gasteiger partial charge >= 0.3 is 0 Å². The lowest BCUT2D eigenvalue weighted by molar-refractivity contribution is -0.133.